The Bertz CT molecular complexity index is 1850. The highest BCUT2D eigenvalue weighted by Gasteiger charge is 2.61. The summed E-state index contributed by atoms with van der Waals surface area (Å²) in [6, 6.07) is 4.44. The number of benzene rings is 1. The van der Waals surface area contributed by atoms with Gasteiger partial charge in [-0.2, -0.15) is 0 Å². The third kappa shape index (κ3) is 10.4. The number of anilines is 1. The summed E-state index contributed by atoms with van der Waals surface area (Å²) in [5, 5.41) is 8.79. The summed E-state index contributed by atoms with van der Waals surface area (Å²) in [4.78, 5) is 75.2. The number of likely N-dealkylation sites (tertiary alicyclic amines) is 1. The van der Waals surface area contributed by atoms with Gasteiger partial charge in [-0.3, -0.25) is 19.3 Å². The van der Waals surface area contributed by atoms with Crippen molar-refractivity contribution in [2.24, 2.45) is 5.92 Å². The van der Waals surface area contributed by atoms with Gasteiger partial charge in [0.2, 0.25) is 11.8 Å². The van der Waals surface area contributed by atoms with Crippen LogP contribution in [0.15, 0.2) is 41.8 Å². The van der Waals surface area contributed by atoms with E-state index in [2.05, 4.69) is 32.2 Å². The van der Waals surface area contributed by atoms with Crippen LogP contribution in [0, 0.1) is 5.92 Å². The molecule has 330 valence electrons. The van der Waals surface area contributed by atoms with E-state index in [1.807, 2.05) is 0 Å². The van der Waals surface area contributed by atoms with Crippen molar-refractivity contribution in [1.82, 2.24) is 30.1 Å². The van der Waals surface area contributed by atoms with E-state index in [4.69, 9.17) is 14.2 Å². The summed E-state index contributed by atoms with van der Waals surface area (Å²) in [5.41, 5.74) is -1.31. The Kier molecular flexibility index (Phi) is 14.2. The van der Waals surface area contributed by atoms with E-state index >= 15 is 0 Å². The predicted octanol–water partition coefficient (Wildman–Crippen LogP) is 3.26. The molecule has 60 heavy (non-hydrogen) atoms. The van der Waals surface area contributed by atoms with E-state index in [1.54, 1.807) is 23.1 Å². The van der Waals surface area contributed by atoms with Gasteiger partial charge in [0.15, 0.2) is 0 Å². The van der Waals surface area contributed by atoms with Gasteiger partial charge < -0.3 is 40.0 Å². The number of carbonyl (C=O) groups is 5. The van der Waals surface area contributed by atoms with Gasteiger partial charge in [0.25, 0.3) is 15.9 Å². The molecule has 3 saturated heterocycles. The fraction of sp³-hybridized carbons (Fsp3) is 0.690. The van der Waals surface area contributed by atoms with Crippen LogP contribution in [-0.4, -0.2) is 141 Å². The van der Waals surface area contributed by atoms with E-state index < -0.39 is 69.6 Å². The molecule has 1 aromatic carbocycles. The minimum absolute atomic E-state index is 0.0689. The molecule has 17 nitrogen and oxygen atoms in total. The molecule has 5 atom stereocenters. The lowest BCUT2D eigenvalue weighted by atomic mass is 10.0. The highest BCUT2D eigenvalue weighted by molar-refractivity contribution is 7.90. The molecule has 5 amide bonds. The number of alkyl carbamates (subject to hydrolysis) is 1. The summed E-state index contributed by atoms with van der Waals surface area (Å²) in [6.45, 7) is 8.28. The fourth-order valence-corrected chi connectivity index (χ4v) is 10.6. The molecule has 0 radical (unpaired) electrons. The molecule has 4 N–H and O–H groups in total. The largest absolute Gasteiger partial charge is 0.446 e. The first kappa shape index (κ1) is 43.7. The molecule has 2 saturated carbocycles. The second-order valence-electron chi connectivity index (χ2n) is 17.0. The number of hydrogen-bond acceptors (Lipinski definition) is 12. The highest BCUT2D eigenvalue weighted by Crippen LogP contribution is 2.45. The Morgan fingerprint density at radius 3 is 2.32 bits per heavy atom. The topological polar surface area (TPSA) is 205 Å². The van der Waals surface area contributed by atoms with Gasteiger partial charge >= 0.3 is 12.2 Å². The Morgan fingerprint density at radius 1 is 0.883 bits per heavy atom. The van der Waals surface area contributed by atoms with Gasteiger partial charge in [0.1, 0.15) is 34.7 Å². The monoisotopic (exact) mass is 855 g/mol. The summed E-state index contributed by atoms with van der Waals surface area (Å²) in [6.07, 6.45) is 8.19. The number of carbonyl (C=O) groups excluding carboxylic acids is 5. The lowest BCUT2D eigenvalue weighted by Gasteiger charge is -2.39. The Balaban J connectivity index is 1.12. The van der Waals surface area contributed by atoms with Crippen LogP contribution in [0.5, 0.6) is 0 Å². The summed E-state index contributed by atoms with van der Waals surface area (Å²) >= 11 is 0. The smallest absolute Gasteiger partial charge is 0.410 e. The van der Waals surface area contributed by atoms with E-state index in [0.29, 0.717) is 57.4 Å². The van der Waals surface area contributed by atoms with Gasteiger partial charge in [0.05, 0.1) is 25.4 Å². The molecule has 0 unspecified atom stereocenters. The molecule has 6 aliphatic rings. The van der Waals surface area contributed by atoms with Gasteiger partial charge in [-0.15, -0.1) is 6.58 Å². The number of piperidine rings is 1. The molecule has 0 bridgehead atoms. The number of nitrogens with one attached hydrogen (secondary N) is 4. The minimum atomic E-state index is -4.39. The molecule has 7 rings (SSSR count). The second-order valence-corrected chi connectivity index (χ2v) is 18.7. The lowest BCUT2D eigenvalue weighted by Crippen LogP contribution is -2.58. The van der Waals surface area contributed by atoms with Crippen LogP contribution in [0.25, 0.3) is 0 Å². The minimum Gasteiger partial charge on any atom is -0.446 e. The van der Waals surface area contributed by atoms with Crippen molar-refractivity contribution >= 4 is 45.6 Å². The average Bonchev–Trinajstić information content (AvgIpc) is 3.49. The standard InChI is InChI=1S/C42H61N7O10S/c1-2-29-27-42(29)39(52)46-60(55,56)36-16-10-9-14-33(36)43-19-11-5-3-4-6-15-34(44-40(53)58-31-12-7-8-13-31)38(51)49-28-32(26-35(49)37(50)45-42)59-41(54)48-20-17-30(18-21-48)47-22-24-57-25-23-47/h2,9-10,14,16,29-32,34-35,43H,1,3-8,11-13,15,17-28H2,(H,44,53)(H,45,50)(H,46,52)/t29-,32-,34+,35+,42-/m1/s1. The molecular formula is C42H61N7O10S. The average molecular weight is 856 g/mol. The van der Waals surface area contributed by atoms with Crippen molar-refractivity contribution in [3.8, 4) is 0 Å². The number of amides is 5. The predicted molar refractivity (Wildman–Crippen MR) is 220 cm³/mol. The van der Waals surface area contributed by atoms with Crippen LogP contribution in [0.1, 0.15) is 89.9 Å². The molecule has 18 heteroatoms. The maximum atomic E-state index is 14.6. The number of rotatable bonds is 5. The van der Waals surface area contributed by atoms with Crippen LogP contribution >= 0.6 is 0 Å². The number of para-hydroxylation sites is 1. The van der Waals surface area contributed by atoms with Crippen LogP contribution in [0.2, 0.25) is 0 Å². The van der Waals surface area contributed by atoms with Crippen molar-refractivity contribution in [2.45, 2.75) is 131 Å². The van der Waals surface area contributed by atoms with Crippen LogP contribution in [0.3, 0.4) is 0 Å². The fourth-order valence-electron chi connectivity index (χ4n) is 9.42. The number of nitrogens with zero attached hydrogens (tertiary/aromatic N) is 3. The van der Waals surface area contributed by atoms with E-state index in [9.17, 15) is 32.4 Å². The molecule has 1 aromatic rings. The van der Waals surface area contributed by atoms with E-state index in [0.717, 1.165) is 77.3 Å². The molecule has 4 aliphatic heterocycles. The summed E-state index contributed by atoms with van der Waals surface area (Å²) in [5.74, 6) is -2.77. The zero-order valence-corrected chi connectivity index (χ0v) is 35.3. The lowest BCUT2D eigenvalue weighted by molar-refractivity contribution is -0.141. The number of fused-ring (bicyclic) bond motifs is 2. The van der Waals surface area contributed by atoms with Crippen LogP contribution < -0.4 is 20.7 Å². The first-order chi connectivity index (χ1) is 29.0. The maximum Gasteiger partial charge on any atom is 0.410 e. The van der Waals surface area contributed by atoms with E-state index in [1.165, 1.54) is 17.0 Å². The number of hydrogen-bond donors (Lipinski definition) is 4. The number of ether oxygens (including phenoxy) is 3. The molecule has 2 aliphatic carbocycles. The Morgan fingerprint density at radius 2 is 1.58 bits per heavy atom. The van der Waals surface area contributed by atoms with Crippen molar-refractivity contribution in [3.63, 3.8) is 0 Å². The molecular weight excluding hydrogens is 795 g/mol. The number of morpholine rings is 1. The van der Waals surface area contributed by atoms with Crippen molar-refractivity contribution in [1.29, 1.82) is 0 Å². The second kappa shape index (κ2) is 19.5. The highest BCUT2D eigenvalue weighted by atomic mass is 32.2. The first-order valence-corrected chi connectivity index (χ1v) is 23.4. The van der Waals surface area contributed by atoms with Crippen molar-refractivity contribution in [2.75, 3.05) is 57.8 Å². The third-order valence-corrected chi connectivity index (χ3v) is 14.4. The van der Waals surface area contributed by atoms with E-state index in [-0.39, 0.29) is 30.4 Å². The molecule has 4 heterocycles. The van der Waals surface area contributed by atoms with Gasteiger partial charge in [0, 0.05) is 51.1 Å². The first-order valence-electron chi connectivity index (χ1n) is 21.9. The summed E-state index contributed by atoms with van der Waals surface area (Å²) in [7, 11) is -4.39. The SMILES string of the molecule is C=C[C@@H]1C[C@@]12NC(=O)[C@@H]1C[C@@H](OC(=O)N3CCC(N4CCOCC4)CC3)CN1C(=O)[C@@H](NC(=O)OC1CCCC1)CCCCCCCNc1ccccc1S(=O)(=O)NC2=O. The van der Waals surface area contributed by atoms with Gasteiger partial charge in [-0.1, -0.05) is 43.9 Å². The quantitative estimate of drug-likeness (QED) is 0.315. The Hall–Kier alpha value is -4.42. The molecule has 0 aromatic heterocycles. The summed E-state index contributed by atoms with van der Waals surface area (Å²) < 4.78 is 46.9. The molecule has 1 spiro atoms. The third-order valence-electron chi connectivity index (χ3n) is 13.0. The Labute approximate surface area is 352 Å². The normalized spacial score (nSPS) is 30.2. The van der Waals surface area contributed by atoms with Crippen molar-refractivity contribution < 1.29 is 46.6 Å². The maximum absolute atomic E-state index is 14.6. The van der Waals surface area contributed by atoms with Crippen molar-refractivity contribution in [3.05, 3.63) is 36.9 Å². The zero-order chi connectivity index (χ0) is 42.3. The number of sulfonamides is 1. The van der Waals surface area contributed by atoms with Crippen LogP contribution in [-0.2, 0) is 38.6 Å². The zero-order valence-electron chi connectivity index (χ0n) is 34.4. The van der Waals surface area contributed by atoms with Crippen LogP contribution in [0.4, 0.5) is 15.3 Å². The van der Waals surface area contributed by atoms with Gasteiger partial charge in [-0.05, 0) is 69.9 Å². The molecule has 5 fully saturated rings. The van der Waals surface area contributed by atoms with Gasteiger partial charge in [-0.25, -0.2) is 22.7 Å².